The molecule has 0 spiro atoms. The van der Waals surface area contributed by atoms with Crippen molar-refractivity contribution in [2.45, 2.75) is 57.5 Å². The van der Waals surface area contributed by atoms with E-state index in [0.717, 1.165) is 24.8 Å². The number of benzene rings is 1. The van der Waals surface area contributed by atoms with Gasteiger partial charge in [0.15, 0.2) is 0 Å². The maximum absolute atomic E-state index is 12.8. The zero-order valence-corrected chi connectivity index (χ0v) is 16.1. The molecule has 1 N–H and O–H groups in total. The molecule has 1 atom stereocenters. The molecule has 1 aromatic carbocycles. The molecule has 1 aliphatic heterocycles. The summed E-state index contributed by atoms with van der Waals surface area (Å²) in [5.41, 5.74) is 1.29. The summed E-state index contributed by atoms with van der Waals surface area (Å²) < 4.78 is 4.96. The molecule has 1 heterocycles. The number of aryl methyl sites for hydroxylation is 1. The van der Waals surface area contributed by atoms with Gasteiger partial charge in [0, 0.05) is 19.5 Å². The van der Waals surface area contributed by atoms with E-state index in [-0.39, 0.29) is 24.2 Å². The number of amides is 2. The number of rotatable bonds is 5. The Balaban J connectivity index is 1.64. The van der Waals surface area contributed by atoms with Crippen molar-refractivity contribution >= 4 is 17.8 Å². The van der Waals surface area contributed by atoms with Gasteiger partial charge in [-0.3, -0.25) is 9.59 Å². The number of carbonyl (C=O) groups is 3. The van der Waals surface area contributed by atoms with Crippen LogP contribution in [-0.4, -0.2) is 41.9 Å². The molecule has 1 unspecified atom stereocenters. The fourth-order valence-electron chi connectivity index (χ4n) is 4.08. The first-order valence-corrected chi connectivity index (χ1v) is 9.67. The van der Waals surface area contributed by atoms with E-state index in [1.54, 1.807) is 4.90 Å². The summed E-state index contributed by atoms with van der Waals surface area (Å²) in [7, 11) is 1.35. The molecule has 1 saturated carbocycles. The van der Waals surface area contributed by atoms with Crippen molar-refractivity contribution in [3.8, 4) is 0 Å². The molecule has 6 heteroatoms. The van der Waals surface area contributed by atoms with Crippen LogP contribution in [0, 0.1) is 12.8 Å². The molecule has 1 saturated heterocycles. The van der Waals surface area contributed by atoms with Crippen LogP contribution in [0.1, 0.15) is 49.7 Å². The Morgan fingerprint density at radius 2 is 1.85 bits per heavy atom. The second-order valence-electron chi connectivity index (χ2n) is 7.78. The Labute approximate surface area is 160 Å². The Bertz CT molecular complexity index is 707. The topological polar surface area (TPSA) is 75.7 Å². The number of hydrogen-bond donors (Lipinski definition) is 1. The average Bonchev–Trinajstić information content (AvgIpc) is 3.04. The summed E-state index contributed by atoms with van der Waals surface area (Å²) in [6.45, 7) is 2.91. The lowest BCUT2D eigenvalue weighted by Gasteiger charge is -2.35. The predicted molar refractivity (Wildman–Crippen MR) is 101 cm³/mol. The van der Waals surface area contributed by atoms with E-state index in [4.69, 9.17) is 4.74 Å². The summed E-state index contributed by atoms with van der Waals surface area (Å²) in [6, 6.07) is 8.04. The maximum atomic E-state index is 12.8. The van der Waals surface area contributed by atoms with Crippen molar-refractivity contribution in [1.29, 1.82) is 0 Å². The highest BCUT2D eigenvalue weighted by molar-refractivity contribution is 5.93. The fourth-order valence-corrected chi connectivity index (χ4v) is 4.08. The fraction of sp³-hybridized carbons (Fsp3) is 0.571. The number of methoxy groups -OCH3 is 1. The highest BCUT2D eigenvalue weighted by Gasteiger charge is 2.44. The van der Waals surface area contributed by atoms with Gasteiger partial charge in [-0.2, -0.15) is 0 Å². The standard InChI is InChI=1S/C21H28N2O4/c1-15-6-8-16(9-7-15)13-23-14-17(12-18(23)24)19(25)22-21(20(26)27-2)10-4-3-5-11-21/h6-9,17H,3-5,10-14H2,1-2H3,(H,22,25). The second-order valence-corrected chi connectivity index (χ2v) is 7.78. The quantitative estimate of drug-likeness (QED) is 0.805. The van der Waals surface area contributed by atoms with E-state index in [1.807, 2.05) is 31.2 Å². The Kier molecular flexibility index (Phi) is 5.82. The minimum Gasteiger partial charge on any atom is -0.467 e. The van der Waals surface area contributed by atoms with E-state index >= 15 is 0 Å². The number of nitrogens with zero attached hydrogens (tertiary/aromatic N) is 1. The van der Waals surface area contributed by atoms with Gasteiger partial charge in [0.1, 0.15) is 5.54 Å². The Hall–Kier alpha value is -2.37. The molecule has 0 bridgehead atoms. The van der Waals surface area contributed by atoms with Crippen molar-refractivity contribution in [3.63, 3.8) is 0 Å². The summed E-state index contributed by atoms with van der Waals surface area (Å²) in [5.74, 6) is -1.05. The molecular formula is C21H28N2O4. The second kappa shape index (κ2) is 8.11. The molecular weight excluding hydrogens is 344 g/mol. The van der Waals surface area contributed by atoms with Crippen LogP contribution in [0.25, 0.3) is 0 Å². The normalized spacial score (nSPS) is 21.8. The minimum atomic E-state index is -0.933. The van der Waals surface area contributed by atoms with E-state index in [9.17, 15) is 14.4 Å². The summed E-state index contributed by atoms with van der Waals surface area (Å²) in [4.78, 5) is 39.3. The molecule has 1 aliphatic carbocycles. The third-order valence-electron chi connectivity index (χ3n) is 5.73. The SMILES string of the molecule is COC(=O)C1(NC(=O)C2CC(=O)N(Cc3ccc(C)cc3)C2)CCCCC1. The number of ether oxygens (including phenoxy) is 1. The number of esters is 1. The third-order valence-corrected chi connectivity index (χ3v) is 5.73. The number of nitrogens with one attached hydrogen (secondary N) is 1. The van der Waals surface area contributed by atoms with Crippen molar-refractivity contribution in [2.24, 2.45) is 5.92 Å². The largest absolute Gasteiger partial charge is 0.467 e. The van der Waals surface area contributed by atoms with Crippen LogP contribution >= 0.6 is 0 Å². The molecule has 0 aromatic heterocycles. The van der Waals surface area contributed by atoms with Crippen LogP contribution in [0.15, 0.2) is 24.3 Å². The van der Waals surface area contributed by atoms with E-state index in [0.29, 0.717) is 25.9 Å². The first-order chi connectivity index (χ1) is 12.9. The summed E-state index contributed by atoms with van der Waals surface area (Å²) in [5, 5.41) is 2.95. The molecule has 146 valence electrons. The first-order valence-electron chi connectivity index (χ1n) is 9.67. The van der Waals surface area contributed by atoms with Crippen LogP contribution in [-0.2, 0) is 25.7 Å². The van der Waals surface area contributed by atoms with Gasteiger partial charge in [-0.15, -0.1) is 0 Å². The predicted octanol–water partition coefficient (Wildman–Crippen LogP) is 2.34. The van der Waals surface area contributed by atoms with Crippen LogP contribution < -0.4 is 5.32 Å². The number of carbonyl (C=O) groups excluding carboxylic acids is 3. The van der Waals surface area contributed by atoms with Crippen molar-refractivity contribution in [1.82, 2.24) is 10.2 Å². The minimum absolute atomic E-state index is 0.0218. The van der Waals surface area contributed by atoms with E-state index in [1.165, 1.54) is 12.7 Å². The summed E-state index contributed by atoms with van der Waals surface area (Å²) >= 11 is 0. The maximum Gasteiger partial charge on any atom is 0.331 e. The van der Waals surface area contributed by atoms with Gasteiger partial charge in [0.05, 0.1) is 13.0 Å². The average molecular weight is 372 g/mol. The molecule has 3 rings (SSSR count). The van der Waals surface area contributed by atoms with Gasteiger partial charge in [0.2, 0.25) is 11.8 Å². The highest BCUT2D eigenvalue weighted by Crippen LogP contribution is 2.30. The van der Waals surface area contributed by atoms with Crippen LogP contribution in [0.2, 0.25) is 0 Å². The molecule has 27 heavy (non-hydrogen) atoms. The van der Waals surface area contributed by atoms with E-state index in [2.05, 4.69) is 5.32 Å². The van der Waals surface area contributed by atoms with Crippen molar-refractivity contribution < 1.29 is 19.1 Å². The molecule has 2 aliphatic rings. The van der Waals surface area contributed by atoms with Crippen LogP contribution in [0.4, 0.5) is 0 Å². The number of likely N-dealkylation sites (tertiary alicyclic amines) is 1. The van der Waals surface area contributed by atoms with Crippen LogP contribution in [0.3, 0.4) is 0 Å². The third kappa shape index (κ3) is 4.31. The van der Waals surface area contributed by atoms with Gasteiger partial charge in [-0.05, 0) is 25.3 Å². The van der Waals surface area contributed by atoms with Crippen molar-refractivity contribution in [3.05, 3.63) is 35.4 Å². The van der Waals surface area contributed by atoms with Crippen molar-refractivity contribution in [2.75, 3.05) is 13.7 Å². The zero-order valence-electron chi connectivity index (χ0n) is 16.1. The van der Waals surface area contributed by atoms with Gasteiger partial charge < -0.3 is 15.0 Å². The molecule has 0 radical (unpaired) electrons. The zero-order chi connectivity index (χ0) is 19.4. The number of hydrogen-bond acceptors (Lipinski definition) is 4. The monoisotopic (exact) mass is 372 g/mol. The highest BCUT2D eigenvalue weighted by atomic mass is 16.5. The summed E-state index contributed by atoms with van der Waals surface area (Å²) in [6.07, 6.45) is 4.21. The lowest BCUT2D eigenvalue weighted by atomic mass is 9.81. The van der Waals surface area contributed by atoms with E-state index < -0.39 is 11.5 Å². The lowest BCUT2D eigenvalue weighted by molar-refractivity contribution is -0.153. The van der Waals surface area contributed by atoms with Gasteiger partial charge in [-0.25, -0.2) is 4.79 Å². The smallest absolute Gasteiger partial charge is 0.331 e. The molecule has 2 fully saturated rings. The lowest BCUT2D eigenvalue weighted by Crippen LogP contribution is -2.57. The Morgan fingerprint density at radius 3 is 2.48 bits per heavy atom. The molecule has 6 nitrogen and oxygen atoms in total. The van der Waals surface area contributed by atoms with Gasteiger partial charge in [-0.1, -0.05) is 49.1 Å². The van der Waals surface area contributed by atoms with Gasteiger partial charge in [0.25, 0.3) is 0 Å². The molecule has 2 amide bonds. The molecule has 1 aromatic rings. The van der Waals surface area contributed by atoms with Gasteiger partial charge >= 0.3 is 5.97 Å². The Morgan fingerprint density at radius 1 is 1.19 bits per heavy atom. The van der Waals surface area contributed by atoms with Crippen LogP contribution in [0.5, 0.6) is 0 Å². The first kappa shape index (κ1) is 19.4.